The molecular weight excluding hydrogens is 296 g/mol. The van der Waals surface area contributed by atoms with Crippen molar-refractivity contribution < 1.29 is 9.53 Å². The number of carbonyl (C=O) groups excluding carboxylic acids is 1. The van der Waals surface area contributed by atoms with Gasteiger partial charge in [-0.25, -0.2) is 4.79 Å². The lowest BCUT2D eigenvalue weighted by molar-refractivity contribution is 0.0983. The summed E-state index contributed by atoms with van der Waals surface area (Å²) in [5, 5.41) is 11.5. The van der Waals surface area contributed by atoms with Crippen molar-refractivity contribution in [1.29, 1.82) is 0 Å². The molecule has 0 aliphatic carbocycles. The van der Waals surface area contributed by atoms with Crippen LogP contribution in [0.5, 0.6) is 0 Å². The Hall–Kier alpha value is -2.12. The van der Waals surface area contributed by atoms with Crippen molar-refractivity contribution in [1.82, 2.24) is 20.1 Å². The van der Waals surface area contributed by atoms with Gasteiger partial charge in [-0.05, 0) is 33.6 Å². The number of ether oxygens (including phenoxy) is 1. The van der Waals surface area contributed by atoms with E-state index in [4.69, 9.17) is 4.74 Å². The van der Waals surface area contributed by atoms with Gasteiger partial charge < -0.3 is 19.9 Å². The first-order valence-electron chi connectivity index (χ1n) is 8.30. The number of nitrogens with zero attached hydrogens (tertiary/aromatic N) is 5. The van der Waals surface area contributed by atoms with Crippen LogP contribution in [0.3, 0.4) is 0 Å². The Kier molecular flexibility index (Phi) is 6.37. The van der Waals surface area contributed by atoms with Gasteiger partial charge in [0.2, 0.25) is 5.95 Å². The number of carbonyl (C=O) groups is 1. The van der Waals surface area contributed by atoms with E-state index >= 15 is 0 Å². The number of rotatable bonds is 6. The molecule has 1 aliphatic heterocycles. The molecule has 1 aromatic rings. The van der Waals surface area contributed by atoms with Gasteiger partial charge in [0.25, 0.3) is 0 Å². The third-order valence-electron chi connectivity index (χ3n) is 3.97. The summed E-state index contributed by atoms with van der Waals surface area (Å²) in [6.07, 6.45) is 3.15. The summed E-state index contributed by atoms with van der Waals surface area (Å²) >= 11 is 0. The molecule has 0 saturated carbocycles. The normalized spacial score (nSPS) is 15.3. The van der Waals surface area contributed by atoms with Crippen molar-refractivity contribution in [2.75, 3.05) is 43.0 Å². The zero-order chi connectivity index (χ0) is 16.7. The topological polar surface area (TPSA) is 83.5 Å². The standard InChI is InChI=1S/C15H26N6O2/c1-4-20(5-2)14-18-13(11-16-19-14)17-12-7-9-21(10-8-12)15(22)23-6-3/h11-12H,4-10H2,1-3H3,(H,17,18,19). The summed E-state index contributed by atoms with van der Waals surface area (Å²) in [7, 11) is 0. The number of amides is 1. The summed E-state index contributed by atoms with van der Waals surface area (Å²) < 4.78 is 5.03. The van der Waals surface area contributed by atoms with Gasteiger partial charge in [-0.15, -0.1) is 5.10 Å². The van der Waals surface area contributed by atoms with Crippen LogP contribution in [0.2, 0.25) is 0 Å². The van der Waals surface area contributed by atoms with E-state index < -0.39 is 0 Å². The van der Waals surface area contributed by atoms with Crippen molar-refractivity contribution in [3.63, 3.8) is 0 Å². The Labute approximate surface area is 137 Å². The molecular formula is C15H26N6O2. The van der Waals surface area contributed by atoms with Crippen LogP contribution >= 0.6 is 0 Å². The largest absolute Gasteiger partial charge is 0.450 e. The maximum Gasteiger partial charge on any atom is 0.409 e. The monoisotopic (exact) mass is 322 g/mol. The van der Waals surface area contributed by atoms with Crippen LogP contribution in [-0.4, -0.2) is 65.0 Å². The fourth-order valence-electron chi connectivity index (χ4n) is 2.63. The summed E-state index contributed by atoms with van der Waals surface area (Å²) in [5.41, 5.74) is 0. The van der Waals surface area contributed by atoms with Crippen LogP contribution in [0.15, 0.2) is 6.20 Å². The predicted molar refractivity (Wildman–Crippen MR) is 88.6 cm³/mol. The van der Waals surface area contributed by atoms with Gasteiger partial charge in [0.15, 0.2) is 5.82 Å². The van der Waals surface area contributed by atoms with Gasteiger partial charge in [0.1, 0.15) is 0 Å². The lowest BCUT2D eigenvalue weighted by Gasteiger charge is -2.31. The van der Waals surface area contributed by atoms with Gasteiger partial charge in [-0.2, -0.15) is 10.1 Å². The summed E-state index contributed by atoms with van der Waals surface area (Å²) in [5.74, 6) is 1.38. The van der Waals surface area contributed by atoms with Crippen LogP contribution in [0.25, 0.3) is 0 Å². The molecule has 0 aromatic carbocycles. The van der Waals surface area contributed by atoms with Gasteiger partial charge in [-0.3, -0.25) is 0 Å². The Morgan fingerprint density at radius 3 is 2.65 bits per heavy atom. The zero-order valence-electron chi connectivity index (χ0n) is 14.2. The molecule has 0 radical (unpaired) electrons. The first-order valence-corrected chi connectivity index (χ1v) is 8.30. The molecule has 1 fully saturated rings. The van der Waals surface area contributed by atoms with E-state index in [0.29, 0.717) is 25.6 Å². The number of nitrogens with one attached hydrogen (secondary N) is 1. The zero-order valence-corrected chi connectivity index (χ0v) is 14.2. The van der Waals surface area contributed by atoms with E-state index in [2.05, 4.69) is 39.2 Å². The van der Waals surface area contributed by atoms with Crippen molar-refractivity contribution in [2.45, 2.75) is 39.7 Å². The molecule has 0 atom stereocenters. The number of piperidine rings is 1. The van der Waals surface area contributed by atoms with Crippen molar-refractivity contribution >= 4 is 17.9 Å². The Bertz CT molecular complexity index is 500. The van der Waals surface area contributed by atoms with Crippen molar-refractivity contribution in [3.8, 4) is 0 Å². The number of hydrogen-bond donors (Lipinski definition) is 1. The van der Waals surface area contributed by atoms with Crippen LogP contribution < -0.4 is 10.2 Å². The van der Waals surface area contributed by atoms with E-state index in [1.165, 1.54) is 0 Å². The second kappa shape index (κ2) is 8.50. The molecule has 0 bridgehead atoms. The molecule has 1 aliphatic rings. The van der Waals surface area contributed by atoms with E-state index in [0.717, 1.165) is 31.7 Å². The van der Waals surface area contributed by atoms with Crippen molar-refractivity contribution in [2.24, 2.45) is 0 Å². The van der Waals surface area contributed by atoms with Gasteiger partial charge in [0, 0.05) is 32.2 Å². The lowest BCUT2D eigenvalue weighted by Crippen LogP contribution is -2.42. The van der Waals surface area contributed by atoms with E-state index in [9.17, 15) is 4.79 Å². The maximum atomic E-state index is 11.7. The number of aromatic nitrogens is 3. The maximum absolute atomic E-state index is 11.7. The molecule has 1 saturated heterocycles. The fraction of sp³-hybridized carbons (Fsp3) is 0.733. The van der Waals surface area contributed by atoms with E-state index in [1.807, 2.05) is 6.92 Å². The highest BCUT2D eigenvalue weighted by atomic mass is 16.6. The molecule has 1 amide bonds. The molecule has 8 nitrogen and oxygen atoms in total. The first kappa shape index (κ1) is 17.2. The SMILES string of the molecule is CCOC(=O)N1CCC(Nc2cnnc(N(CC)CC)n2)CC1. The minimum atomic E-state index is -0.224. The predicted octanol–water partition coefficient (Wildman–Crippen LogP) is 1.75. The number of hydrogen-bond acceptors (Lipinski definition) is 7. The van der Waals surface area contributed by atoms with Gasteiger partial charge in [-0.1, -0.05) is 0 Å². The number of likely N-dealkylation sites (tertiary alicyclic amines) is 1. The second-order valence-electron chi connectivity index (χ2n) is 5.42. The highest BCUT2D eigenvalue weighted by Gasteiger charge is 2.23. The minimum absolute atomic E-state index is 0.224. The molecule has 8 heteroatoms. The lowest BCUT2D eigenvalue weighted by atomic mass is 10.1. The van der Waals surface area contributed by atoms with Crippen LogP contribution in [-0.2, 0) is 4.74 Å². The van der Waals surface area contributed by atoms with Crippen molar-refractivity contribution in [3.05, 3.63) is 6.20 Å². The highest BCUT2D eigenvalue weighted by molar-refractivity contribution is 5.67. The molecule has 2 heterocycles. The molecule has 0 spiro atoms. The van der Waals surface area contributed by atoms with Gasteiger partial charge >= 0.3 is 6.09 Å². The van der Waals surface area contributed by atoms with Crippen LogP contribution in [0, 0.1) is 0 Å². The van der Waals surface area contributed by atoms with Gasteiger partial charge in [0.05, 0.1) is 12.8 Å². The van der Waals surface area contributed by atoms with Crippen LogP contribution in [0.1, 0.15) is 33.6 Å². The van der Waals surface area contributed by atoms with E-state index in [1.54, 1.807) is 11.1 Å². The average Bonchev–Trinajstić information content (AvgIpc) is 2.57. The second-order valence-corrected chi connectivity index (χ2v) is 5.42. The Morgan fingerprint density at radius 1 is 1.35 bits per heavy atom. The quantitative estimate of drug-likeness (QED) is 0.854. The molecule has 23 heavy (non-hydrogen) atoms. The first-order chi connectivity index (χ1) is 11.2. The fourth-order valence-corrected chi connectivity index (χ4v) is 2.63. The third-order valence-corrected chi connectivity index (χ3v) is 3.97. The average molecular weight is 322 g/mol. The highest BCUT2D eigenvalue weighted by Crippen LogP contribution is 2.16. The molecule has 2 rings (SSSR count). The minimum Gasteiger partial charge on any atom is -0.450 e. The molecule has 128 valence electrons. The summed E-state index contributed by atoms with van der Waals surface area (Å²) in [6.45, 7) is 9.45. The third kappa shape index (κ3) is 4.67. The summed E-state index contributed by atoms with van der Waals surface area (Å²) in [4.78, 5) is 20.0. The van der Waals surface area contributed by atoms with Crippen LogP contribution in [0.4, 0.5) is 16.6 Å². The molecule has 1 aromatic heterocycles. The smallest absolute Gasteiger partial charge is 0.409 e. The summed E-state index contributed by atoms with van der Waals surface area (Å²) in [6, 6.07) is 0.280. The molecule has 0 unspecified atom stereocenters. The Balaban J connectivity index is 1.89. The Morgan fingerprint density at radius 2 is 2.04 bits per heavy atom. The van der Waals surface area contributed by atoms with E-state index in [-0.39, 0.29) is 12.1 Å². The number of anilines is 2. The molecule has 1 N–H and O–H groups in total.